The van der Waals surface area contributed by atoms with E-state index in [1.54, 1.807) is 0 Å². The zero-order valence-electron chi connectivity index (χ0n) is 10.4. The molecule has 0 aliphatic carbocycles. The van der Waals surface area contributed by atoms with Gasteiger partial charge in [0.25, 0.3) is 0 Å². The molecule has 0 saturated carbocycles. The van der Waals surface area contributed by atoms with Gasteiger partial charge < -0.3 is 4.74 Å². The van der Waals surface area contributed by atoms with Crippen LogP contribution in [0.4, 0.5) is 0 Å². The van der Waals surface area contributed by atoms with Crippen LogP contribution in [-0.2, 0) is 0 Å². The highest BCUT2D eigenvalue weighted by Gasteiger charge is 2.06. The largest absolute Gasteiger partial charge is 0.456 e. The summed E-state index contributed by atoms with van der Waals surface area (Å²) in [6, 6.07) is 29.0. The standard InChI is InChI=1S/C18H13O/c1-3-9-15(10-4-1)17-13-7-8-14-18(17)19-16-11-5-2-6-12-16/h1-13H. The maximum Gasteiger partial charge on any atom is 0.143 e. The van der Waals surface area contributed by atoms with Gasteiger partial charge in [0.2, 0.25) is 0 Å². The first-order chi connectivity index (χ1) is 9.43. The fraction of sp³-hybridized carbons (Fsp3) is 0. The Morgan fingerprint density at radius 2 is 1.37 bits per heavy atom. The van der Waals surface area contributed by atoms with Crippen LogP contribution in [0.5, 0.6) is 11.5 Å². The lowest BCUT2D eigenvalue weighted by atomic mass is 10.1. The normalized spacial score (nSPS) is 10.1. The molecule has 0 spiro atoms. The fourth-order valence-corrected chi connectivity index (χ4v) is 1.96. The molecule has 0 N–H and O–H groups in total. The Morgan fingerprint density at radius 1 is 0.684 bits per heavy atom. The summed E-state index contributed by atoms with van der Waals surface area (Å²) < 4.78 is 5.91. The first-order valence-electron chi connectivity index (χ1n) is 6.22. The highest BCUT2D eigenvalue weighted by molar-refractivity contribution is 5.70. The van der Waals surface area contributed by atoms with Crippen molar-refractivity contribution in [2.75, 3.05) is 0 Å². The van der Waals surface area contributed by atoms with Crippen LogP contribution >= 0.6 is 0 Å². The van der Waals surface area contributed by atoms with Gasteiger partial charge in [0.15, 0.2) is 0 Å². The monoisotopic (exact) mass is 245 g/mol. The molecule has 91 valence electrons. The third-order valence-electron chi connectivity index (χ3n) is 2.87. The topological polar surface area (TPSA) is 9.23 Å². The molecule has 0 bridgehead atoms. The van der Waals surface area contributed by atoms with E-state index in [4.69, 9.17) is 4.74 Å². The van der Waals surface area contributed by atoms with Crippen molar-refractivity contribution in [1.82, 2.24) is 0 Å². The maximum atomic E-state index is 5.91. The Kier molecular flexibility index (Phi) is 3.28. The van der Waals surface area contributed by atoms with E-state index in [9.17, 15) is 0 Å². The maximum absolute atomic E-state index is 5.91. The lowest BCUT2D eigenvalue weighted by Gasteiger charge is -2.10. The summed E-state index contributed by atoms with van der Waals surface area (Å²) >= 11 is 0. The first-order valence-corrected chi connectivity index (χ1v) is 6.22. The van der Waals surface area contributed by atoms with Gasteiger partial charge in [-0.05, 0) is 17.7 Å². The van der Waals surface area contributed by atoms with Gasteiger partial charge in [-0.25, -0.2) is 0 Å². The van der Waals surface area contributed by atoms with Crippen LogP contribution in [0.25, 0.3) is 11.1 Å². The SMILES string of the molecule is [c]1cccc(-c2ccccc2)c1Oc1ccccc1. The molecule has 0 aromatic heterocycles. The van der Waals surface area contributed by atoms with E-state index in [0.29, 0.717) is 0 Å². The Labute approximate surface area is 113 Å². The van der Waals surface area contributed by atoms with Crippen molar-refractivity contribution >= 4 is 0 Å². The highest BCUT2D eigenvalue weighted by Crippen LogP contribution is 2.32. The predicted octanol–water partition coefficient (Wildman–Crippen LogP) is 4.95. The molecule has 0 aliphatic rings. The molecule has 0 saturated heterocycles. The van der Waals surface area contributed by atoms with Gasteiger partial charge in [0, 0.05) is 11.6 Å². The summed E-state index contributed by atoms with van der Waals surface area (Å²) in [6.07, 6.45) is 0. The zero-order chi connectivity index (χ0) is 12.9. The van der Waals surface area contributed by atoms with E-state index < -0.39 is 0 Å². The third-order valence-corrected chi connectivity index (χ3v) is 2.87. The second-order valence-corrected chi connectivity index (χ2v) is 4.19. The van der Waals surface area contributed by atoms with Crippen molar-refractivity contribution < 1.29 is 4.74 Å². The number of ether oxygens (including phenoxy) is 1. The lowest BCUT2D eigenvalue weighted by molar-refractivity contribution is 0.483. The molecule has 0 heterocycles. The second kappa shape index (κ2) is 5.40. The molecular formula is C18H13O. The van der Waals surface area contributed by atoms with Crippen molar-refractivity contribution in [3.05, 3.63) is 84.9 Å². The van der Waals surface area contributed by atoms with Crippen LogP contribution < -0.4 is 4.74 Å². The number of para-hydroxylation sites is 2. The minimum Gasteiger partial charge on any atom is -0.456 e. The van der Waals surface area contributed by atoms with Crippen LogP contribution in [0, 0.1) is 6.07 Å². The Morgan fingerprint density at radius 3 is 2.11 bits per heavy atom. The molecule has 3 aromatic rings. The van der Waals surface area contributed by atoms with Crippen molar-refractivity contribution in [1.29, 1.82) is 0 Å². The van der Waals surface area contributed by atoms with Crippen LogP contribution in [0.1, 0.15) is 0 Å². The Bertz CT molecular complexity index is 645. The number of benzene rings is 3. The lowest BCUT2D eigenvalue weighted by Crippen LogP contribution is -1.87. The predicted molar refractivity (Wildman–Crippen MR) is 77.2 cm³/mol. The van der Waals surface area contributed by atoms with Crippen LogP contribution in [0.15, 0.2) is 78.9 Å². The van der Waals surface area contributed by atoms with Gasteiger partial charge in [-0.1, -0.05) is 66.7 Å². The summed E-state index contributed by atoms with van der Waals surface area (Å²) in [5, 5.41) is 0. The van der Waals surface area contributed by atoms with Crippen LogP contribution in [0.2, 0.25) is 0 Å². The minimum absolute atomic E-state index is 0.750. The molecule has 1 heteroatoms. The Balaban J connectivity index is 1.99. The van der Waals surface area contributed by atoms with Gasteiger partial charge in [0.1, 0.15) is 11.5 Å². The van der Waals surface area contributed by atoms with E-state index in [1.807, 2.05) is 66.7 Å². The van der Waals surface area contributed by atoms with E-state index in [1.165, 1.54) is 0 Å². The van der Waals surface area contributed by atoms with Crippen molar-refractivity contribution in [2.45, 2.75) is 0 Å². The molecule has 3 rings (SSSR count). The van der Waals surface area contributed by atoms with E-state index in [-0.39, 0.29) is 0 Å². The van der Waals surface area contributed by atoms with E-state index >= 15 is 0 Å². The van der Waals surface area contributed by atoms with Crippen molar-refractivity contribution in [3.8, 4) is 22.6 Å². The smallest absolute Gasteiger partial charge is 0.143 e. The number of hydrogen-bond acceptors (Lipinski definition) is 1. The summed E-state index contributed by atoms with van der Waals surface area (Å²) in [5.74, 6) is 1.57. The molecule has 0 unspecified atom stereocenters. The molecule has 19 heavy (non-hydrogen) atoms. The molecule has 0 aliphatic heterocycles. The first kappa shape index (κ1) is 11.5. The second-order valence-electron chi connectivity index (χ2n) is 4.19. The van der Waals surface area contributed by atoms with Gasteiger partial charge >= 0.3 is 0 Å². The van der Waals surface area contributed by atoms with Gasteiger partial charge in [0.05, 0.1) is 0 Å². The average Bonchev–Trinajstić information content (AvgIpc) is 2.50. The minimum atomic E-state index is 0.750. The molecule has 0 amide bonds. The van der Waals surface area contributed by atoms with Crippen molar-refractivity contribution in [3.63, 3.8) is 0 Å². The third kappa shape index (κ3) is 2.66. The molecule has 1 radical (unpaired) electrons. The quantitative estimate of drug-likeness (QED) is 0.634. The van der Waals surface area contributed by atoms with E-state index in [2.05, 4.69) is 18.2 Å². The van der Waals surface area contributed by atoms with Gasteiger partial charge in [-0.3, -0.25) is 0 Å². The van der Waals surface area contributed by atoms with Gasteiger partial charge in [-0.15, -0.1) is 0 Å². The summed E-state index contributed by atoms with van der Waals surface area (Å²) in [6.45, 7) is 0. The van der Waals surface area contributed by atoms with Gasteiger partial charge in [-0.2, -0.15) is 0 Å². The number of hydrogen-bond donors (Lipinski definition) is 0. The summed E-state index contributed by atoms with van der Waals surface area (Å²) in [5.41, 5.74) is 2.18. The number of rotatable bonds is 3. The zero-order valence-corrected chi connectivity index (χ0v) is 10.4. The Hall–Kier alpha value is -2.54. The van der Waals surface area contributed by atoms with Crippen molar-refractivity contribution in [2.24, 2.45) is 0 Å². The van der Waals surface area contributed by atoms with Crippen LogP contribution in [-0.4, -0.2) is 0 Å². The molecule has 0 atom stereocenters. The molecule has 3 aromatic carbocycles. The highest BCUT2D eigenvalue weighted by atomic mass is 16.5. The summed E-state index contributed by atoms with van der Waals surface area (Å²) in [4.78, 5) is 0. The van der Waals surface area contributed by atoms with Crippen LogP contribution in [0.3, 0.4) is 0 Å². The molecular weight excluding hydrogens is 232 g/mol. The average molecular weight is 245 g/mol. The summed E-state index contributed by atoms with van der Waals surface area (Å²) in [7, 11) is 0. The fourth-order valence-electron chi connectivity index (χ4n) is 1.96. The van der Waals surface area contributed by atoms with E-state index in [0.717, 1.165) is 22.6 Å². The molecule has 0 fully saturated rings. The molecule has 1 nitrogen and oxygen atoms in total.